The van der Waals surface area contributed by atoms with Crippen LogP contribution in [0.15, 0.2) is 0 Å². The van der Waals surface area contributed by atoms with Gasteiger partial charge in [-0.25, -0.2) is 12.4 Å². The van der Waals surface area contributed by atoms with Crippen LogP contribution in [0, 0.1) is 12.3 Å². The molecule has 0 unspecified atom stereocenters. The van der Waals surface area contributed by atoms with E-state index in [0.29, 0.717) is 0 Å². The quantitative estimate of drug-likeness (QED) is 0.724. The number of rotatable bonds is 0. The molecule has 0 radical (unpaired) electrons. The monoisotopic (exact) mass is 323 g/mol. The van der Waals surface area contributed by atoms with Gasteiger partial charge in [0.1, 0.15) is 0 Å². The van der Waals surface area contributed by atoms with E-state index in [9.17, 15) is 8.42 Å². The van der Waals surface area contributed by atoms with Crippen molar-refractivity contribution in [1.29, 1.82) is 0 Å². The van der Waals surface area contributed by atoms with Crippen molar-refractivity contribution in [2.45, 2.75) is 78.6 Å². The summed E-state index contributed by atoms with van der Waals surface area (Å²) in [5.74, 6) is 0.271. The lowest BCUT2D eigenvalue weighted by Gasteiger charge is -2.32. The predicted molar refractivity (Wildman–Crippen MR) is 90.9 cm³/mol. The molecule has 0 fully saturated rings. The Morgan fingerprint density at radius 3 is 2.18 bits per heavy atom. The maximum atomic E-state index is 12.9. The van der Waals surface area contributed by atoms with Gasteiger partial charge in [0, 0.05) is 11.4 Å². The van der Waals surface area contributed by atoms with E-state index in [2.05, 4.69) is 20.8 Å². The molecule has 0 aromatic carbocycles. The van der Waals surface area contributed by atoms with Crippen molar-refractivity contribution >= 4 is 10.0 Å². The van der Waals surface area contributed by atoms with Gasteiger partial charge in [-0.15, -0.1) is 0 Å². The molecule has 0 atom stereocenters. The molecule has 0 spiro atoms. The van der Waals surface area contributed by atoms with Crippen LogP contribution in [0.2, 0.25) is 0 Å². The molecular weight excluding hydrogens is 294 g/mol. The molecule has 2 aliphatic rings. The van der Waals surface area contributed by atoms with Crippen LogP contribution < -0.4 is 0 Å². The average Bonchev–Trinajstić information content (AvgIpc) is 2.66. The Morgan fingerprint density at radius 2 is 1.50 bits per heavy atom. The molecule has 1 aromatic heterocycles. The van der Waals surface area contributed by atoms with E-state index in [1.165, 1.54) is 43.2 Å². The van der Waals surface area contributed by atoms with E-state index >= 15 is 0 Å². The summed E-state index contributed by atoms with van der Waals surface area (Å²) >= 11 is 0. The highest BCUT2D eigenvalue weighted by molar-refractivity contribution is 7.90. The van der Waals surface area contributed by atoms with Crippen LogP contribution in [0.25, 0.3) is 0 Å². The van der Waals surface area contributed by atoms with Gasteiger partial charge in [0.25, 0.3) is 0 Å². The van der Waals surface area contributed by atoms with E-state index in [0.717, 1.165) is 37.1 Å². The van der Waals surface area contributed by atoms with Gasteiger partial charge in [-0.05, 0) is 55.6 Å². The minimum atomic E-state index is -3.20. The van der Waals surface area contributed by atoms with Crippen molar-refractivity contribution in [1.82, 2.24) is 3.97 Å². The molecular formula is C18H29NO2S. The Balaban J connectivity index is 2.14. The predicted octanol–water partition coefficient (Wildman–Crippen LogP) is 4.00. The molecule has 124 valence electrons. The Bertz CT molecular complexity index is 668. The maximum Gasteiger partial charge on any atom is 0.239 e. The van der Waals surface area contributed by atoms with E-state index in [1.54, 1.807) is 3.97 Å². The van der Waals surface area contributed by atoms with Gasteiger partial charge in [0.15, 0.2) is 0 Å². The minimum absolute atomic E-state index is 0.152. The summed E-state index contributed by atoms with van der Waals surface area (Å²) in [4.78, 5) is 0. The fourth-order valence-electron chi connectivity index (χ4n) is 4.32. The Kier molecular flexibility index (Phi) is 4.17. The molecule has 4 heteroatoms. The van der Waals surface area contributed by atoms with Crippen LogP contribution in [0.3, 0.4) is 0 Å². The fourth-order valence-corrected chi connectivity index (χ4v) is 6.61. The summed E-state index contributed by atoms with van der Waals surface area (Å²) in [5, 5.41) is 0. The van der Waals surface area contributed by atoms with Gasteiger partial charge in [-0.2, -0.15) is 0 Å². The summed E-state index contributed by atoms with van der Waals surface area (Å²) in [5.41, 5.74) is 4.64. The summed E-state index contributed by atoms with van der Waals surface area (Å²) in [6.07, 6.45) is 10.3. The summed E-state index contributed by atoms with van der Waals surface area (Å²) in [6, 6.07) is 0. The highest BCUT2D eigenvalue weighted by atomic mass is 32.2. The molecule has 0 bridgehead atoms. The van der Waals surface area contributed by atoms with E-state index in [-0.39, 0.29) is 11.2 Å². The van der Waals surface area contributed by atoms with Gasteiger partial charge in [-0.1, -0.05) is 39.5 Å². The maximum absolute atomic E-state index is 12.9. The number of hydrogen-bond donors (Lipinski definition) is 0. The third-order valence-corrected chi connectivity index (χ3v) is 7.46. The van der Waals surface area contributed by atoms with Crippen molar-refractivity contribution in [3.8, 4) is 0 Å². The number of aromatic nitrogens is 1. The van der Waals surface area contributed by atoms with Crippen LogP contribution >= 0.6 is 0 Å². The van der Waals surface area contributed by atoms with Crippen molar-refractivity contribution < 1.29 is 8.42 Å². The highest BCUT2D eigenvalue weighted by Gasteiger charge is 2.39. The van der Waals surface area contributed by atoms with Crippen molar-refractivity contribution in [3.63, 3.8) is 0 Å². The first-order valence-corrected chi connectivity index (χ1v) is 10.4. The first kappa shape index (κ1) is 16.1. The zero-order valence-corrected chi connectivity index (χ0v) is 15.1. The normalized spacial score (nSPS) is 24.3. The second-order valence-electron chi connectivity index (χ2n) is 7.98. The lowest BCUT2D eigenvalue weighted by molar-refractivity contribution is 0.386. The molecule has 0 amide bonds. The second-order valence-corrected chi connectivity index (χ2v) is 9.80. The molecule has 0 N–H and O–H groups in total. The SMILES string of the molecule is Cc1c2c(n3c1CC(C)(C)CS3(=O)=O)CCCCCCCC2. The molecule has 22 heavy (non-hydrogen) atoms. The van der Waals surface area contributed by atoms with Crippen LogP contribution in [0.4, 0.5) is 0 Å². The third kappa shape index (κ3) is 2.86. The Labute approximate surface area is 135 Å². The highest BCUT2D eigenvalue weighted by Crippen LogP contribution is 2.38. The number of nitrogens with zero attached hydrogens (tertiary/aromatic N) is 1. The Morgan fingerprint density at radius 1 is 0.909 bits per heavy atom. The standard InChI is InChI=1S/C18H29NO2S/c1-14-15-10-8-6-4-5-7-9-11-16(15)19-17(14)12-18(2,3)13-22(19,20)21/h4-13H2,1-3H3. The van der Waals surface area contributed by atoms with Crippen LogP contribution in [0.1, 0.15) is 74.9 Å². The van der Waals surface area contributed by atoms with Crippen LogP contribution in [-0.2, 0) is 29.3 Å². The summed E-state index contributed by atoms with van der Waals surface area (Å²) in [6.45, 7) is 6.30. The minimum Gasteiger partial charge on any atom is -0.246 e. The van der Waals surface area contributed by atoms with Crippen molar-refractivity contribution in [2.75, 3.05) is 5.75 Å². The molecule has 1 aromatic rings. The van der Waals surface area contributed by atoms with Crippen molar-refractivity contribution in [3.05, 3.63) is 22.5 Å². The topological polar surface area (TPSA) is 39.1 Å². The zero-order chi connectivity index (χ0) is 16.0. The second kappa shape index (κ2) is 5.70. The molecule has 0 saturated heterocycles. The summed E-state index contributed by atoms with van der Waals surface area (Å²) < 4.78 is 27.5. The van der Waals surface area contributed by atoms with Crippen LogP contribution in [0.5, 0.6) is 0 Å². The molecule has 0 saturated carbocycles. The van der Waals surface area contributed by atoms with Crippen molar-refractivity contribution in [2.24, 2.45) is 5.41 Å². The van der Waals surface area contributed by atoms with Gasteiger partial charge in [-0.3, -0.25) is 0 Å². The van der Waals surface area contributed by atoms with E-state index in [1.807, 2.05) is 0 Å². The number of fused-ring (bicyclic) bond motifs is 3. The molecule has 3 rings (SSSR count). The van der Waals surface area contributed by atoms with Gasteiger partial charge >= 0.3 is 0 Å². The molecule has 2 heterocycles. The lowest BCUT2D eigenvalue weighted by Crippen LogP contribution is -2.37. The van der Waals surface area contributed by atoms with Gasteiger partial charge in [0.05, 0.1) is 5.75 Å². The zero-order valence-electron chi connectivity index (χ0n) is 14.2. The first-order valence-electron chi connectivity index (χ1n) is 8.77. The lowest BCUT2D eigenvalue weighted by atomic mass is 9.88. The average molecular weight is 324 g/mol. The van der Waals surface area contributed by atoms with Gasteiger partial charge < -0.3 is 0 Å². The smallest absolute Gasteiger partial charge is 0.239 e. The van der Waals surface area contributed by atoms with E-state index < -0.39 is 10.0 Å². The molecule has 3 nitrogen and oxygen atoms in total. The van der Waals surface area contributed by atoms with E-state index in [4.69, 9.17) is 0 Å². The van der Waals surface area contributed by atoms with Gasteiger partial charge in [0.2, 0.25) is 10.0 Å². The third-order valence-electron chi connectivity index (χ3n) is 5.31. The molecule has 1 aliphatic carbocycles. The Hall–Kier alpha value is -0.770. The van der Waals surface area contributed by atoms with Crippen LogP contribution in [-0.4, -0.2) is 18.1 Å². The largest absolute Gasteiger partial charge is 0.246 e. The fraction of sp³-hybridized carbons (Fsp3) is 0.778. The first-order chi connectivity index (χ1) is 10.3. The number of hydrogen-bond acceptors (Lipinski definition) is 2. The summed E-state index contributed by atoms with van der Waals surface area (Å²) in [7, 11) is -3.20. The molecule has 1 aliphatic heterocycles.